The third-order valence-corrected chi connectivity index (χ3v) is 7.18. The van der Waals surface area contributed by atoms with E-state index in [1.54, 1.807) is 36.1 Å². The minimum Gasteiger partial charge on any atom is -0.399 e. The second-order valence-electron chi connectivity index (χ2n) is 8.04. The van der Waals surface area contributed by atoms with Crippen molar-refractivity contribution in [2.75, 3.05) is 0 Å². The molecule has 5 heterocycles. The molecule has 0 aliphatic carbocycles. The molecule has 178 valence electrons. The molecule has 0 bridgehead atoms. The maximum Gasteiger partial charge on any atom is 0.496 e. The quantitative estimate of drug-likeness (QED) is 0.287. The van der Waals surface area contributed by atoms with Gasteiger partial charge in [-0.1, -0.05) is 0 Å². The topological polar surface area (TPSA) is 70.0 Å². The first-order valence-electron chi connectivity index (χ1n) is 10.1. The van der Waals surface area contributed by atoms with Gasteiger partial charge < -0.3 is 9.31 Å². The first-order chi connectivity index (χ1) is 16.1. The van der Waals surface area contributed by atoms with Crippen molar-refractivity contribution in [2.45, 2.75) is 38.9 Å². The summed E-state index contributed by atoms with van der Waals surface area (Å²) in [5, 5.41) is 4.56. The monoisotopic (exact) mass is 566 g/mol. The lowest BCUT2D eigenvalue weighted by Gasteiger charge is -2.32. The Morgan fingerprint density at radius 1 is 0.824 bits per heavy atom. The molecule has 1 saturated heterocycles. The molecule has 0 spiro atoms. The molecule has 12 heteroatoms. The summed E-state index contributed by atoms with van der Waals surface area (Å²) in [5.74, 6) is -0.713. The predicted molar refractivity (Wildman–Crippen MR) is 135 cm³/mol. The van der Waals surface area contributed by atoms with Gasteiger partial charge in [-0.15, -0.1) is 22.7 Å². The van der Waals surface area contributed by atoms with E-state index >= 15 is 0 Å². The van der Waals surface area contributed by atoms with Crippen molar-refractivity contribution in [3.8, 4) is 10.6 Å². The third-order valence-electron chi connectivity index (χ3n) is 5.04. The number of nitrogens with zero attached hydrogens (tertiary/aromatic N) is 4. The number of thiazole rings is 2. The molecule has 4 aromatic heterocycles. The zero-order valence-corrected chi connectivity index (χ0v) is 22.1. The lowest BCUT2D eigenvalue weighted by molar-refractivity contribution is 0.00578. The Morgan fingerprint density at radius 2 is 1.41 bits per heavy atom. The smallest absolute Gasteiger partial charge is 0.399 e. The first-order valence-corrected chi connectivity index (χ1v) is 12.6. The first kappa shape index (κ1) is 26.5. The molecule has 0 atom stereocenters. The van der Waals surface area contributed by atoms with E-state index < -0.39 is 18.3 Å². The number of hydrogen-bond acceptors (Lipinski definition) is 8. The van der Waals surface area contributed by atoms with Gasteiger partial charge in [0.2, 0.25) is 0 Å². The van der Waals surface area contributed by atoms with Crippen molar-refractivity contribution in [3.63, 3.8) is 0 Å². The Kier molecular flexibility index (Phi) is 8.99. The van der Waals surface area contributed by atoms with Crippen molar-refractivity contribution in [2.24, 2.45) is 0 Å². The molecule has 6 nitrogen and oxygen atoms in total. The van der Waals surface area contributed by atoms with Crippen LogP contribution in [0.1, 0.15) is 27.7 Å². The maximum absolute atomic E-state index is 13.0. The van der Waals surface area contributed by atoms with E-state index in [1.807, 2.05) is 38.5 Å². The molecule has 4 aromatic rings. The fraction of sp³-hybridized carbons (Fsp3) is 0.273. The van der Waals surface area contributed by atoms with Crippen LogP contribution in [0.3, 0.4) is 0 Å². The van der Waals surface area contributed by atoms with Crippen LogP contribution in [0.15, 0.2) is 64.0 Å². The van der Waals surface area contributed by atoms with Crippen molar-refractivity contribution in [3.05, 3.63) is 75.6 Å². The average Bonchev–Trinajstić information content (AvgIpc) is 3.51. The van der Waals surface area contributed by atoms with Gasteiger partial charge in [-0.05, 0) is 55.8 Å². The van der Waals surface area contributed by atoms with Gasteiger partial charge in [0.05, 0.1) is 23.6 Å². The number of aromatic nitrogens is 4. The van der Waals surface area contributed by atoms with E-state index in [4.69, 9.17) is 9.31 Å². The van der Waals surface area contributed by atoms with Crippen LogP contribution in [0.4, 0.5) is 8.78 Å². The SMILES string of the molecule is Brc1nccs1.CC1(C)OB(c2cncc(F)c2)OC1(C)C.Fc1cncc(-c2nccs2)c1. The normalized spacial score (nSPS) is 15.7. The minimum absolute atomic E-state index is 0.331. The van der Waals surface area contributed by atoms with Crippen molar-refractivity contribution >= 4 is 51.2 Å². The second kappa shape index (κ2) is 11.5. The van der Waals surface area contributed by atoms with E-state index in [0.29, 0.717) is 5.46 Å². The van der Waals surface area contributed by atoms with Gasteiger partial charge in [-0.3, -0.25) is 9.97 Å². The maximum atomic E-state index is 13.0. The van der Waals surface area contributed by atoms with E-state index in [2.05, 4.69) is 35.9 Å². The van der Waals surface area contributed by atoms with E-state index in [9.17, 15) is 8.78 Å². The van der Waals surface area contributed by atoms with Crippen molar-refractivity contribution < 1.29 is 18.1 Å². The van der Waals surface area contributed by atoms with Crippen LogP contribution in [-0.4, -0.2) is 38.3 Å². The molecule has 0 unspecified atom stereocenters. The fourth-order valence-electron chi connectivity index (χ4n) is 2.64. The van der Waals surface area contributed by atoms with Crippen LogP contribution in [0.2, 0.25) is 0 Å². The largest absolute Gasteiger partial charge is 0.496 e. The Morgan fingerprint density at radius 3 is 1.88 bits per heavy atom. The van der Waals surface area contributed by atoms with Crippen LogP contribution in [0.25, 0.3) is 10.6 Å². The molecular weight excluding hydrogens is 545 g/mol. The van der Waals surface area contributed by atoms with Crippen LogP contribution in [-0.2, 0) is 9.31 Å². The lowest BCUT2D eigenvalue weighted by Crippen LogP contribution is -2.41. The summed E-state index contributed by atoms with van der Waals surface area (Å²) >= 11 is 6.24. The number of rotatable bonds is 2. The van der Waals surface area contributed by atoms with Gasteiger partial charge in [-0.25, -0.2) is 18.7 Å². The fourth-order valence-corrected chi connectivity index (χ4v) is 4.05. The van der Waals surface area contributed by atoms with E-state index in [1.165, 1.54) is 29.7 Å². The zero-order chi connectivity index (χ0) is 24.8. The molecule has 0 amide bonds. The van der Waals surface area contributed by atoms with Gasteiger partial charge in [0.1, 0.15) is 16.6 Å². The van der Waals surface area contributed by atoms with Crippen LogP contribution < -0.4 is 5.46 Å². The molecular formula is C22H22BBrF2N4O2S2. The summed E-state index contributed by atoms with van der Waals surface area (Å²) in [4.78, 5) is 15.4. The highest BCUT2D eigenvalue weighted by Gasteiger charge is 2.51. The van der Waals surface area contributed by atoms with Crippen LogP contribution >= 0.6 is 38.6 Å². The average molecular weight is 567 g/mol. The summed E-state index contributed by atoms with van der Waals surface area (Å²) in [6.45, 7) is 7.83. The highest BCUT2D eigenvalue weighted by Crippen LogP contribution is 2.36. The molecule has 1 aliphatic rings. The van der Waals surface area contributed by atoms with Crippen LogP contribution in [0.5, 0.6) is 0 Å². The highest BCUT2D eigenvalue weighted by molar-refractivity contribution is 9.11. The van der Waals surface area contributed by atoms with E-state index in [0.717, 1.165) is 20.7 Å². The second-order valence-corrected chi connectivity index (χ2v) is 11.1. The molecule has 5 rings (SSSR count). The molecule has 1 fully saturated rings. The summed E-state index contributed by atoms with van der Waals surface area (Å²) in [6.07, 6.45) is 8.94. The van der Waals surface area contributed by atoms with Crippen LogP contribution in [0, 0.1) is 11.6 Å². The third kappa shape index (κ3) is 7.19. The molecule has 0 saturated carbocycles. The molecule has 34 heavy (non-hydrogen) atoms. The summed E-state index contributed by atoms with van der Waals surface area (Å²) < 4.78 is 38.2. The molecule has 0 N–H and O–H groups in total. The van der Waals surface area contributed by atoms with Gasteiger partial charge in [0.25, 0.3) is 0 Å². The molecule has 0 radical (unpaired) electrons. The standard InChI is InChI=1S/C11H15BFNO2.C8H5FN2S.C3H2BrNS/c1-10(2)11(3,4)16-12(15-10)8-5-9(13)7-14-6-8;9-7-3-6(4-10-5-7)8-11-1-2-12-8;4-3-5-1-2-6-3/h5-7H,1-4H3;1-5H;1-2H. The Bertz CT molecular complexity index is 1170. The number of pyridine rings is 2. The van der Waals surface area contributed by atoms with Gasteiger partial charge in [0, 0.05) is 46.6 Å². The number of hydrogen-bond donors (Lipinski definition) is 0. The molecule has 1 aliphatic heterocycles. The van der Waals surface area contributed by atoms with Crippen molar-refractivity contribution in [1.82, 2.24) is 19.9 Å². The zero-order valence-electron chi connectivity index (χ0n) is 18.9. The lowest BCUT2D eigenvalue weighted by atomic mass is 9.80. The summed E-state index contributed by atoms with van der Waals surface area (Å²) in [6, 6.07) is 2.81. The Labute approximate surface area is 213 Å². The summed E-state index contributed by atoms with van der Waals surface area (Å²) in [5.41, 5.74) is 0.511. The Balaban J connectivity index is 0.000000157. The highest BCUT2D eigenvalue weighted by atomic mass is 79.9. The molecule has 0 aromatic carbocycles. The van der Waals surface area contributed by atoms with Gasteiger partial charge in [0.15, 0.2) is 3.92 Å². The minimum atomic E-state index is -0.548. The van der Waals surface area contributed by atoms with Gasteiger partial charge in [-0.2, -0.15) is 0 Å². The van der Waals surface area contributed by atoms with Gasteiger partial charge >= 0.3 is 7.12 Å². The van der Waals surface area contributed by atoms with Crippen molar-refractivity contribution in [1.29, 1.82) is 0 Å². The predicted octanol–water partition coefficient (Wildman–Crippen LogP) is 5.77. The summed E-state index contributed by atoms with van der Waals surface area (Å²) in [7, 11) is -0.548. The van der Waals surface area contributed by atoms with E-state index in [-0.39, 0.29) is 11.6 Å². The Hall–Kier alpha value is -2.12. The number of halogens is 3.